The molecule has 0 amide bonds. The number of nitrogen functional groups attached to an aromatic ring is 1. The number of carboxylic acids is 1. The van der Waals surface area contributed by atoms with Crippen LogP contribution in [0.1, 0.15) is 65.1 Å². The maximum atomic E-state index is 11.9. The molecule has 2 aliphatic rings. The Labute approximate surface area is 248 Å². The molecule has 220 valence electrons. The smallest absolute Gasteiger partial charge is 0.422 e. The number of aryl methyl sites for hydroxylation is 1. The molecular weight excluding hydrogens is 617 g/mol. The average Bonchev–Trinajstić information content (AvgIpc) is 3.49. The zero-order valence-electron chi connectivity index (χ0n) is 22.8. The number of fused-ring (bicyclic) bond motifs is 3. The number of pyridine rings is 1. The molecule has 4 aromatic rings. The van der Waals surface area contributed by atoms with Crippen LogP contribution < -0.4 is 10.5 Å². The number of hydrogen-bond acceptors (Lipinski definition) is 7. The Morgan fingerprint density at radius 2 is 1.93 bits per heavy atom. The molecule has 0 radical (unpaired) electrons. The van der Waals surface area contributed by atoms with Crippen LogP contribution in [0, 0.1) is 12.8 Å². The number of alkyl halides is 3. The maximum Gasteiger partial charge on any atom is 0.422 e. The molecule has 0 saturated heterocycles. The summed E-state index contributed by atoms with van der Waals surface area (Å²) in [4.78, 5) is 18.6. The molecule has 1 fully saturated rings. The highest BCUT2D eigenvalue weighted by atomic mass is 79.9. The summed E-state index contributed by atoms with van der Waals surface area (Å²) in [6.45, 7) is 2.57. The number of anilines is 1. The molecule has 2 heterocycles. The molecule has 2 aliphatic carbocycles. The molecule has 1 unspecified atom stereocenters. The van der Waals surface area contributed by atoms with Gasteiger partial charge in [0.05, 0.1) is 9.89 Å². The molecule has 42 heavy (non-hydrogen) atoms. The fourth-order valence-corrected chi connectivity index (χ4v) is 5.60. The van der Waals surface area contributed by atoms with E-state index >= 15 is 0 Å². The summed E-state index contributed by atoms with van der Waals surface area (Å²) in [7, 11) is 0. The number of aromatic nitrogens is 3. The molecule has 1 atom stereocenters. The standard InChI is InChI=1S/C22H23N3O.C8H5BrF3NO3/c1-13-24-21(25-26-13)22(2,12-14-7-8-14)19-10-9-17-16-6-4-3-5-15(16)11-18(17)20(19)23;9-4-2-13-5(7(14)15)1-6(4)16-3-8(10,11)12/h3-6,9-10,14H,7-8,11-12,23H2,1-2H3;1-2H,3H2,(H,14,15). The normalized spacial score (nSPS) is 15.2. The van der Waals surface area contributed by atoms with Crippen LogP contribution >= 0.6 is 15.9 Å². The highest BCUT2D eigenvalue weighted by Gasteiger charge is 2.41. The van der Waals surface area contributed by atoms with Crippen molar-refractivity contribution in [1.29, 1.82) is 0 Å². The Morgan fingerprint density at radius 1 is 1.19 bits per heavy atom. The number of rotatable bonds is 7. The first kappa shape index (κ1) is 29.6. The van der Waals surface area contributed by atoms with Crippen LogP contribution in [0.2, 0.25) is 0 Å². The first-order chi connectivity index (χ1) is 19.9. The third-order valence-corrected chi connectivity index (χ3v) is 8.07. The molecule has 2 aromatic heterocycles. The van der Waals surface area contributed by atoms with Gasteiger partial charge in [-0.15, -0.1) is 0 Å². The second-order valence-electron chi connectivity index (χ2n) is 10.7. The van der Waals surface area contributed by atoms with Crippen molar-refractivity contribution in [3.63, 3.8) is 0 Å². The molecule has 12 heteroatoms. The summed E-state index contributed by atoms with van der Waals surface area (Å²) < 4.78 is 45.5. The Balaban J connectivity index is 0.000000191. The quantitative estimate of drug-likeness (QED) is 0.179. The topological polar surface area (TPSA) is 124 Å². The molecule has 0 spiro atoms. The summed E-state index contributed by atoms with van der Waals surface area (Å²) >= 11 is 2.90. The zero-order valence-corrected chi connectivity index (χ0v) is 24.4. The van der Waals surface area contributed by atoms with E-state index in [1.54, 1.807) is 0 Å². The molecule has 6 rings (SSSR count). The van der Waals surface area contributed by atoms with Crippen molar-refractivity contribution in [3.05, 3.63) is 87.2 Å². The minimum Gasteiger partial charge on any atom is -0.483 e. The number of nitrogens with two attached hydrogens (primary N) is 1. The predicted octanol–water partition coefficient (Wildman–Crippen LogP) is 7.12. The summed E-state index contributed by atoms with van der Waals surface area (Å²) in [5.41, 5.74) is 13.2. The lowest BCUT2D eigenvalue weighted by molar-refractivity contribution is -0.153. The third-order valence-electron chi connectivity index (χ3n) is 7.47. The van der Waals surface area contributed by atoms with Crippen molar-refractivity contribution < 1.29 is 32.3 Å². The van der Waals surface area contributed by atoms with Gasteiger partial charge in [0, 0.05) is 31.3 Å². The van der Waals surface area contributed by atoms with Gasteiger partial charge in [-0.2, -0.15) is 18.2 Å². The van der Waals surface area contributed by atoms with Gasteiger partial charge in [-0.05, 0) is 63.0 Å². The van der Waals surface area contributed by atoms with E-state index < -0.39 is 18.8 Å². The van der Waals surface area contributed by atoms with Gasteiger partial charge in [0.15, 0.2) is 18.1 Å². The predicted molar refractivity (Wildman–Crippen MR) is 152 cm³/mol. The van der Waals surface area contributed by atoms with Crippen molar-refractivity contribution >= 4 is 27.6 Å². The number of ether oxygens (including phenoxy) is 1. The van der Waals surface area contributed by atoms with Crippen LogP contribution in [0.3, 0.4) is 0 Å². The summed E-state index contributed by atoms with van der Waals surface area (Å²) in [6, 6.07) is 13.9. The van der Waals surface area contributed by atoms with Crippen LogP contribution in [0.25, 0.3) is 11.1 Å². The number of carboxylic acid groups (broad SMARTS) is 1. The van der Waals surface area contributed by atoms with E-state index in [2.05, 4.69) is 79.1 Å². The van der Waals surface area contributed by atoms with Crippen LogP contribution in [0.4, 0.5) is 18.9 Å². The number of nitrogens with zero attached hydrogens (tertiary/aromatic N) is 3. The maximum absolute atomic E-state index is 11.9. The van der Waals surface area contributed by atoms with Crippen LogP contribution in [-0.2, 0) is 11.8 Å². The second kappa shape index (κ2) is 11.4. The largest absolute Gasteiger partial charge is 0.483 e. The monoisotopic (exact) mass is 644 g/mol. The molecule has 8 nitrogen and oxygen atoms in total. The fourth-order valence-electron chi connectivity index (χ4n) is 5.27. The Hall–Kier alpha value is -3.93. The van der Waals surface area contributed by atoms with Gasteiger partial charge in [0.1, 0.15) is 5.75 Å². The van der Waals surface area contributed by atoms with E-state index in [1.807, 2.05) is 6.92 Å². The SMILES string of the molecule is Cc1nc(C(C)(CC2CC2)c2ccc3c(c2N)Cc2ccccc2-3)no1.O=C(O)c1cc(OCC(F)(F)F)c(Br)cn1. The molecule has 0 aliphatic heterocycles. The van der Waals surface area contributed by atoms with E-state index in [4.69, 9.17) is 15.4 Å². The van der Waals surface area contributed by atoms with E-state index in [0.717, 1.165) is 48.1 Å². The number of benzene rings is 2. The Morgan fingerprint density at radius 3 is 2.57 bits per heavy atom. The van der Waals surface area contributed by atoms with Crippen molar-refractivity contribution in [2.24, 2.45) is 5.92 Å². The zero-order chi connectivity index (χ0) is 30.2. The Bertz CT molecular complexity index is 1640. The second-order valence-corrected chi connectivity index (χ2v) is 11.6. The molecule has 1 saturated carbocycles. The van der Waals surface area contributed by atoms with E-state index in [1.165, 1.54) is 35.1 Å². The highest BCUT2D eigenvalue weighted by molar-refractivity contribution is 9.10. The summed E-state index contributed by atoms with van der Waals surface area (Å²) in [6.07, 6.45) is 1.06. The third kappa shape index (κ3) is 6.28. The fraction of sp³-hybridized carbons (Fsp3) is 0.333. The molecule has 2 aromatic carbocycles. The van der Waals surface area contributed by atoms with Gasteiger partial charge in [-0.1, -0.05) is 54.4 Å². The van der Waals surface area contributed by atoms with Crippen molar-refractivity contribution in [2.75, 3.05) is 12.3 Å². The van der Waals surface area contributed by atoms with Gasteiger partial charge in [0.25, 0.3) is 0 Å². The first-order valence-electron chi connectivity index (χ1n) is 13.2. The van der Waals surface area contributed by atoms with Crippen LogP contribution in [0.15, 0.2) is 57.7 Å². The minimum atomic E-state index is -4.48. The number of carbonyl (C=O) groups is 1. The molecule has 0 bridgehead atoms. The first-order valence-corrected chi connectivity index (χ1v) is 14.0. The van der Waals surface area contributed by atoms with Crippen LogP contribution in [-0.4, -0.2) is 39.0 Å². The number of hydrogen-bond donors (Lipinski definition) is 2. The Kier molecular flexibility index (Phi) is 8.02. The lowest BCUT2D eigenvalue weighted by atomic mass is 9.75. The van der Waals surface area contributed by atoms with Gasteiger partial charge in [-0.3, -0.25) is 0 Å². The van der Waals surface area contributed by atoms with E-state index in [-0.39, 0.29) is 21.3 Å². The average molecular weight is 645 g/mol. The van der Waals surface area contributed by atoms with Gasteiger partial charge in [-0.25, -0.2) is 9.78 Å². The van der Waals surface area contributed by atoms with Crippen LogP contribution in [0.5, 0.6) is 5.75 Å². The lowest BCUT2D eigenvalue weighted by Crippen LogP contribution is -2.28. The van der Waals surface area contributed by atoms with Gasteiger partial charge >= 0.3 is 12.1 Å². The van der Waals surface area contributed by atoms with E-state index in [0.29, 0.717) is 5.89 Å². The van der Waals surface area contributed by atoms with Gasteiger partial charge in [0.2, 0.25) is 5.89 Å². The lowest BCUT2D eigenvalue weighted by Gasteiger charge is -2.29. The molecular formula is C30H28BrF3N4O4. The minimum absolute atomic E-state index is 0.154. The van der Waals surface area contributed by atoms with Crippen molar-refractivity contribution in [1.82, 2.24) is 15.1 Å². The number of aromatic carboxylic acids is 1. The summed E-state index contributed by atoms with van der Waals surface area (Å²) in [5.74, 6) is 0.524. The highest BCUT2D eigenvalue weighted by Crippen LogP contribution is 2.49. The summed E-state index contributed by atoms with van der Waals surface area (Å²) in [5, 5.41) is 12.9. The van der Waals surface area contributed by atoms with Crippen molar-refractivity contribution in [2.45, 2.75) is 51.1 Å². The van der Waals surface area contributed by atoms with Gasteiger partial charge < -0.3 is 20.1 Å². The van der Waals surface area contributed by atoms with E-state index in [9.17, 15) is 18.0 Å². The number of halogens is 4. The molecule has 3 N–H and O–H groups in total. The van der Waals surface area contributed by atoms with Crippen molar-refractivity contribution in [3.8, 4) is 16.9 Å².